The van der Waals surface area contributed by atoms with E-state index in [4.69, 9.17) is 9.47 Å². The largest absolute Gasteiger partial charge is 0.493 e. The SMILES string of the molecule is COc1ccc(NC(=O)C(C)Sc2nnc(-c3ccc(F)cc3)n2-c2ccccc2)cc1OC. The second kappa shape index (κ2) is 10.4. The van der Waals surface area contributed by atoms with E-state index in [1.165, 1.54) is 31.0 Å². The van der Waals surface area contributed by atoms with Crippen molar-refractivity contribution in [2.45, 2.75) is 17.3 Å². The number of hydrogen-bond donors (Lipinski definition) is 1. The summed E-state index contributed by atoms with van der Waals surface area (Å²) in [5.74, 6) is 1.12. The maximum absolute atomic E-state index is 13.5. The minimum absolute atomic E-state index is 0.205. The van der Waals surface area contributed by atoms with Gasteiger partial charge in [0.05, 0.1) is 19.5 Å². The Bertz CT molecular complexity index is 1280. The Hall–Kier alpha value is -3.85. The third-order valence-corrected chi connectivity index (χ3v) is 6.10. The summed E-state index contributed by atoms with van der Waals surface area (Å²) in [5, 5.41) is 11.6. The van der Waals surface area contributed by atoms with Gasteiger partial charge in [0.15, 0.2) is 22.5 Å². The fourth-order valence-corrected chi connectivity index (χ4v) is 4.18. The third-order valence-electron chi connectivity index (χ3n) is 5.05. The number of rotatable bonds is 8. The predicted octanol–water partition coefficient (Wildman–Crippen LogP) is 5.21. The van der Waals surface area contributed by atoms with Gasteiger partial charge in [-0.3, -0.25) is 9.36 Å². The van der Waals surface area contributed by atoms with Crippen LogP contribution in [-0.4, -0.2) is 40.1 Å². The summed E-state index contributed by atoms with van der Waals surface area (Å²) < 4.78 is 25.9. The zero-order valence-electron chi connectivity index (χ0n) is 18.9. The normalized spacial score (nSPS) is 11.6. The fraction of sp³-hybridized carbons (Fsp3) is 0.160. The Balaban J connectivity index is 1.59. The van der Waals surface area contributed by atoms with Crippen LogP contribution in [0.5, 0.6) is 11.5 Å². The molecule has 1 unspecified atom stereocenters. The van der Waals surface area contributed by atoms with Crippen LogP contribution in [0.25, 0.3) is 17.1 Å². The molecular formula is C25H23FN4O3S. The molecule has 0 aliphatic heterocycles. The average molecular weight is 479 g/mol. The number of hydrogen-bond acceptors (Lipinski definition) is 6. The van der Waals surface area contributed by atoms with E-state index in [1.54, 1.807) is 44.4 Å². The molecular weight excluding hydrogens is 455 g/mol. The molecule has 0 aliphatic rings. The third kappa shape index (κ3) is 5.04. The van der Waals surface area contributed by atoms with Gasteiger partial charge in [0.1, 0.15) is 5.82 Å². The van der Waals surface area contributed by atoms with Gasteiger partial charge in [-0.2, -0.15) is 0 Å². The lowest BCUT2D eigenvalue weighted by atomic mass is 10.2. The number of benzene rings is 3. The van der Waals surface area contributed by atoms with Crippen LogP contribution >= 0.6 is 11.8 Å². The number of anilines is 1. The van der Waals surface area contributed by atoms with Crippen molar-refractivity contribution < 1.29 is 18.7 Å². The Kier molecular flexibility index (Phi) is 7.12. The minimum atomic E-state index is -0.485. The molecule has 0 spiro atoms. The number of carbonyl (C=O) groups excluding carboxylic acids is 1. The molecule has 0 saturated heterocycles. The molecule has 1 N–H and O–H groups in total. The number of carbonyl (C=O) groups is 1. The molecule has 1 heterocycles. The van der Waals surface area contributed by atoms with Crippen LogP contribution < -0.4 is 14.8 Å². The quantitative estimate of drug-likeness (QED) is 0.350. The van der Waals surface area contributed by atoms with Crippen molar-refractivity contribution in [1.82, 2.24) is 14.8 Å². The maximum Gasteiger partial charge on any atom is 0.237 e. The van der Waals surface area contributed by atoms with Crippen molar-refractivity contribution in [3.8, 4) is 28.6 Å². The summed E-state index contributed by atoms with van der Waals surface area (Å²) in [7, 11) is 3.09. The standard InChI is InChI=1S/C25H23FN4O3S/c1-16(24(31)27-19-13-14-21(32-2)22(15-19)33-3)34-25-29-28-23(17-9-11-18(26)12-10-17)30(25)20-7-5-4-6-8-20/h4-16H,1-3H3,(H,27,31). The first-order valence-electron chi connectivity index (χ1n) is 10.5. The number of aromatic nitrogens is 3. The van der Waals surface area contributed by atoms with Gasteiger partial charge in [0.25, 0.3) is 0 Å². The number of amides is 1. The maximum atomic E-state index is 13.5. The van der Waals surface area contributed by atoms with Crippen molar-refractivity contribution in [2.75, 3.05) is 19.5 Å². The van der Waals surface area contributed by atoms with Gasteiger partial charge in [-0.25, -0.2) is 4.39 Å². The van der Waals surface area contributed by atoms with Gasteiger partial charge >= 0.3 is 0 Å². The molecule has 174 valence electrons. The number of methoxy groups -OCH3 is 2. The molecule has 9 heteroatoms. The predicted molar refractivity (Wildman–Crippen MR) is 130 cm³/mol. The first kappa shape index (κ1) is 23.3. The average Bonchev–Trinajstić information content (AvgIpc) is 3.28. The summed E-state index contributed by atoms with van der Waals surface area (Å²) in [5.41, 5.74) is 2.14. The highest BCUT2D eigenvalue weighted by atomic mass is 32.2. The molecule has 0 saturated carbocycles. The highest BCUT2D eigenvalue weighted by molar-refractivity contribution is 8.00. The van der Waals surface area contributed by atoms with Crippen molar-refractivity contribution in [3.05, 3.63) is 78.6 Å². The van der Waals surface area contributed by atoms with Crippen LogP contribution in [0, 0.1) is 5.82 Å². The molecule has 3 aromatic carbocycles. The van der Waals surface area contributed by atoms with Crippen LogP contribution in [-0.2, 0) is 4.79 Å². The second-order valence-corrected chi connectivity index (χ2v) is 8.61. The van der Waals surface area contributed by atoms with Gasteiger partial charge in [-0.1, -0.05) is 30.0 Å². The molecule has 1 aromatic heterocycles. The summed E-state index contributed by atoms with van der Waals surface area (Å²) in [6, 6.07) is 20.8. The second-order valence-electron chi connectivity index (χ2n) is 7.30. The Morgan fingerprint density at radius 3 is 2.35 bits per heavy atom. The Labute approximate surface area is 200 Å². The minimum Gasteiger partial charge on any atom is -0.493 e. The molecule has 1 amide bonds. The van der Waals surface area contributed by atoms with Gasteiger partial charge in [-0.05, 0) is 55.5 Å². The zero-order chi connectivity index (χ0) is 24.1. The van der Waals surface area contributed by atoms with E-state index >= 15 is 0 Å². The molecule has 1 atom stereocenters. The molecule has 4 rings (SSSR count). The topological polar surface area (TPSA) is 78.3 Å². The summed E-state index contributed by atoms with van der Waals surface area (Å²) in [6.07, 6.45) is 0. The van der Waals surface area contributed by atoms with Crippen LogP contribution in [0.2, 0.25) is 0 Å². The van der Waals surface area contributed by atoms with Crippen LogP contribution in [0.4, 0.5) is 10.1 Å². The fourth-order valence-electron chi connectivity index (χ4n) is 3.31. The van der Waals surface area contributed by atoms with Crippen LogP contribution in [0.1, 0.15) is 6.92 Å². The first-order valence-corrected chi connectivity index (χ1v) is 11.3. The van der Waals surface area contributed by atoms with Crippen molar-refractivity contribution >= 4 is 23.4 Å². The lowest BCUT2D eigenvalue weighted by molar-refractivity contribution is -0.115. The van der Waals surface area contributed by atoms with E-state index in [1.807, 2.05) is 34.9 Å². The van der Waals surface area contributed by atoms with Crippen LogP contribution in [0.3, 0.4) is 0 Å². The van der Waals surface area contributed by atoms with E-state index < -0.39 is 5.25 Å². The van der Waals surface area contributed by atoms with Gasteiger partial charge in [0, 0.05) is 23.0 Å². The number of para-hydroxylation sites is 1. The van der Waals surface area contributed by atoms with Gasteiger partial charge in [0.2, 0.25) is 5.91 Å². The first-order chi connectivity index (χ1) is 16.5. The number of thioether (sulfide) groups is 1. The zero-order valence-corrected chi connectivity index (χ0v) is 19.7. The van der Waals surface area contributed by atoms with E-state index in [-0.39, 0.29) is 11.7 Å². The summed E-state index contributed by atoms with van der Waals surface area (Å²) in [4.78, 5) is 12.9. The number of halogens is 1. The highest BCUT2D eigenvalue weighted by Gasteiger charge is 2.22. The molecule has 34 heavy (non-hydrogen) atoms. The van der Waals surface area contributed by atoms with E-state index in [2.05, 4.69) is 15.5 Å². The lowest BCUT2D eigenvalue weighted by Crippen LogP contribution is -2.23. The Morgan fingerprint density at radius 1 is 0.971 bits per heavy atom. The molecule has 0 aliphatic carbocycles. The van der Waals surface area contributed by atoms with Crippen molar-refractivity contribution in [3.63, 3.8) is 0 Å². The smallest absolute Gasteiger partial charge is 0.237 e. The number of ether oxygens (including phenoxy) is 2. The van der Waals surface area contributed by atoms with Crippen LogP contribution in [0.15, 0.2) is 78.0 Å². The summed E-state index contributed by atoms with van der Waals surface area (Å²) in [6.45, 7) is 1.79. The molecule has 0 radical (unpaired) electrons. The molecule has 7 nitrogen and oxygen atoms in total. The Morgan fingerprint density at radius 2 is 1.68 bits per heavy atom. The highest BCUT2D eigenvalue weighted by Crippen LogP contribution is 2.32. The van der Waals surface area contributed by atoms with Gasteiger partial charge in [-0.15, -0.1) is 10.2 Å². The van der Waals surface area contributed by atoms with E-state index in [0.29, 0.717) is 33.7 Å². The molecule has 0 fully saturated rings. The van der Waals surface area contributed by atoms with Crippen molar-refractivity contribution in [1.29, 1.82) is 0 Å². The molecule has 0 bridgehead atoms. The number of nitrogens with one attached hydrogen (secondary N) is 1. The number of nitrogens with zero attached hydrogens (tertiary/aromatic N) is 3. The lowest BCUT2D eigenvalue weighted by Gasteiger charge is -2.15. The summed E-state index contributed by atoms with van der Waals surface area (Å²) >= 11 is 1.28. The van der Waals surface area contributed by atoms with Gasteiger partial charge < -0.3 is 14.8 Å². The van der Waals surface area contributed by atoms with E-state index in [9.17, 15) is 9.18 Å². The van der Waals surface area contributed by atoms with Crippen molar-refractivity contribution in [2.24, 2.45) is 0 Å². The molecule has 4 aromatic rings. The monoisotopic (exact) mass is 478 g/mol. The van der Waals surface area contributed by atoms with E-state index in [0.717, 1.165) is 5.69 Å².